The first-order chi connectivity index (χ1) is 11.4. The molecule has 0 aliphatic rings. The van der Waals surface area contributed by atoms with Crippen molar-refractivity contribution in [1.29, 1.82) is 0 Å². The number of nitro groups is 1. The molecule has 7 nitrogen and oxygen atoms in total. The summed E-state index contributed by atoms with van der Waals surface area (Å²) in [5.74, 6) is -0.412. The van der Waals surface area contributed by atoms with Gasteiger partial charge in [0.15, 0.2) is 0 Å². The number of ether oxygens (including phenoxy) is 1. The molecule has 1 N–H and O–H groups in total. The SMILES string of the molecule is COc1ccc(CCC(=O)O)c([Se](=O)c2ccc([N+](=O)[O-])cc2)c1. The summed E-state index contributed by atoms with van der Waals surface area (Å²) in [6.45, 7) is 0. The van der Waals surface area contributed by atoms with Gasteiger partial charge in [-0.2, -0.15) is 0 Å². The maximum atomic E-state index is 12.9. The summed E-state index contributed by atoms with van der Waals surface area (Å²) in [6.07, 6.45) is 0.183. The van der Waals surface area contributed by atoms with E-state index in [-0.39, 0.29) is 18.5 Å². The van der Waals surface area contributed by atoms with E-state index >= 15 is 0 Å². The third kappa shape index (κ3) is 4.24. The Hall–Kier alpha value is -2.57. The molecule has 0 aliphatic heterocycles. The van der Waals surface area contributed by atoms with E-state index in [1.807, 2.05) is 0 Å². The average Bonchev–Trinajstić information content (AvgIpc) is 2.59. The van der Waals surface area contributed by atoms with Crippen molar-refractivity contribution in [2.24, 2.45) is 0 Å². The van der Waals surface area contributed by atoms with Crippen molar-refractivity contribution in [2.75, 3.05) is 7.11 Å². The third-order valence-corrected chi connectivity index (χ3v) is 6.45. The number of non-ortho nitro benzene ring substituents is 1. The number of hydrogen-bond acceptors (Lipinski definition) is 5. The Morgan fingerprint density at radius 1 is 1.25 bits per heavy atom. The standard InChI is InChI=1S/C16H15NO6Se/c1-23-13-6-2-11(3-9-16(18)19)15(10-13)24(22)14-7-4-12(5-8-14)17(20)21/h2,4-8,10H,3,9H2,1H3,(H,18,19). The maximum absolute atomic E-state index is 12.9. The minimum absolute atomic E-state index is 0.0710. The van der Waals surface area contributed by atoms with Crippen LogP contribution >= 0.6 is 0 Å². The molecule has 0 saturated carbocycles. The molecule has 1 unspecified atom stereocenters. The van der Waals surface area contributed by atoms with E-state index in [0.717, 1.165) is 0 Å². The predicted octanol–water partition coefficient (Wildman–Crippen LogP) is 1.16. The Balaban J connectivity index is 2.38. The van der Waals surface area contributed by atoms with Crippen molar-refractivity contribution in [1.82, 2.24) is 0 Å². The first-order valence-corrected chi connectivity index (χ1v) is 9.38. The third-order valence-electron chi connectivity index (χ3n) is 3.34. The van der Waals surface area contributed by atoms with Gasteiger partial charge in [-0.15, -0.1) is 0 Å². The molecule has 8 heteroatoms. The number of hydrogen-bond donors (Lipinski definition) is 1. The van der Waals surface area contributed by atoms with E-state index in [0.29, 0.717) is 20.2 Å². The van der Waals surface area contributed by atoms with E-state index in [1.54, 1.807) is 18.2 Å². The predicted molar refractivity (Wildman–Crippen MR) is 87.8 cm³/mol. The summed E-state index contributed by atoms with van der Waals surface area (Å²) in [5.41, 5.74) is 0.603. The second-order valence-electron chi connectivity index (χ2n) is 4.89. The molecule has 2 aromatic rings. The Bertz CT molecular complexity index is 788. The summed E-state index contributed by atoms with van der Waals surface area (Å²) >= 11 is -2.70. The summed E-state index contributed by atoms with van der Waals surface area (Å²) in [7, 11) is 1.49. The number of nitrogens with zero attached hydrogens (tertiary/aromatic N) is 1. The number of carboxylic acids is 1. The van der Waals surface area contributed by atoms with Gasteiger partial charge in [0.1, 0.15) is 0 Å². The van der Waals surface area contributed by atoms with Crippen LogP contribution in [0.3, 0.4) is 0 Å². The molecule has 0 radical (unpaired) electrons. The van der Waals surface area contributed by atoms with E-state index in [1.165, 1.54) is 31.4 Å². The number of carbonyl (C=O) groups is 1. The molecular formula is C16H15NO6Se. The van der Waals surface area contributed by atoms with Crippen LogP contribution in [-0.4, -0.2) is 36.9 Å². The molecule has 0 aliphatic carbocycles. The molecule has 0 bridgehead atoms. The fourth-order valence-electron chi connectivity index (χ4n) is 2.10. The van der Waals surface area contributed by atoms with Gasteiger partial charge in [-0.1, -0.05) is 0 Å². The van der Waals surface area contributed by atoms with E-state index in [2.05, 4.69) is 0 Å². The van der Waals surface area contributed by atoms with Crippen LogP contribution in [-0.2, 0) is 15.1 Å². The summed E-state index contributed by atoms with van der Waals surface area (Å²) < 4.78 is 19.1. The van der Waals surface area contributed by atoms with Gasteiger partial charge in [-0.25, -0.2) is 0 Å². The molecule has 0 spiro atoms. The van der Waals surface area contributed by atoms with Crippen LogP contribution in [0.5, 0.6) is 5.75 Å². The molecule has 0 aromatic heterocycles. The van der Waals surface area contributed by atoms with Gasteiger partial charge in [0, 0.05) is 0 Å². The monoisotopic (exact) mass is 397 g/mol. The van der Waals surface area contributed by atoms with E-state index in [4.69, 9.17) is 9.84 Å². The van der Waals surface area contributed by atoms with Crippen LogP contribution in [0.2, 0.25) is 0 Å². The number of aliphatic carboxylic acids is 1. The molecule has 0 amide bonds. The fourth-order valence-corrected chi connectivity index (χ4v) is 4.76. The topological polar surface area (TPSA) is 107 Å². The Labute approximate surface area is 142 Å². The van der Waals surface area contributed by atoms with E-state index in [9.17, 15) is 18.7 Å². The van der Waals surface area contributed by atoms with Crippen molar-refractivity contribution >= 4 is 34.4 Å². The molecule has 0 fully saturated rings. The second kappa shape index (κ2) is 7.81. The van der Waals surface area contributed by atoms with Crippen LogP contribution in [0.15, 0.2) is 42.5 Å². The average molecular weight is 396 g/mol. The molecule has 24 heavy (non-hydrogen) atoms. The zero-order valence-corrected chi connectivity index (χ0v) is 14.5. The molecule has 1 atom stereocenters. The van der Waals surface area contributed by atoms with Crippen molar-refractivity contribution in [3.05, 3.63) is 58.1 Å². The van der Waals surface area contributed by atoms with Gasteiger partial charge < -0.3 is 0 Å². The number of benzene rings is 2. The Morgan fingerprint density at radius 2 is 1.92 bits per heavy atom. The number of methoxy groups -OCH3 is 1. The number of nitro benzene ring substituents is 1. The normalized spacial score (nSPS) is 11.7. The zero-order chi connectivity index (χ0) is 17.7. The van der Waals surface area contributed by atoms with E-state index < -0.39 is 24.7 Å². The Kier molecular flexibility index (Phi) is 5.78. The molecule has 2 aromatic carbocycles. The Morgan fingerprint density at radius 3 is 2.46 bits per heavy atom. The summed E-state index contributed by atoms with van der Waals surface area (Å²) in [6, 6.07) is 10.6. The zero-order valence-electron chi connectivity index (χ0n) is 12.8. The van der Waals surface area contributed by atoms with Gasteiger partial charge in [-0.3, -0.25) is 0 Å². The fraction of sp³-hybridized carbons (Fsp3) is 0.188. The van der Waals surface area contributed by atoms with Crippen LogP contribution in [0.25, 0.3) is 0 Å². The minimum atomic E-state index is -2.70. The van der Waals surface area contributed by atoms with Gasteiger partial charge >= 0.3 is 142 Å². The quantitative estimate of drug-likeness (QED) is 0.428. The summed E-state index contributed by atoms with van der Waals surface area (Å²) in [4.78, 5) is 21.0. The molecule has 126 valence electrons. The summed E-state index contributed by atoms with van der Waals surface area (Å²) in [5, 5.41) is 19.6. The van der Waals surface area contributed by atoms with Crippen LogP contribution < -0.4 is 13.7 Å². The molecular weight excluding hydrogens is 381 g/mol. The number of aryl methyl sites for hydroxylation is 1. The van der Waals surface area contributed by atoms with Crippen LogP contribution in [0.4, 0.5) is 5.69 Å². The number of rotatable bonds is 7. The first-order valence-electron chi connectivity index (χ1n) is 6.97. The van der Waals surface area contributed by atoms with Gasteiger partial charge in [0.25, 0.3) is 0 Å². The van der Waals surface area contributed by atoms with Gasteiger partial charge in [0.05, 0.1) is 0 Å². The van der Waals surface area contributed by atoms with Gasteiger partial charge in [0.2, 0.25) is 0 Å². The van der Waals surface area contributed by atoms with Crippen molar-refractivity contribution < 1.29 is 23.4 Å². The van der Waals surface area contributed by atoms with Crippen molar-refractivity contribution in [2.45, 2.75) is 12.8 Å². The van der Waals surface area contributed by atoms with Gasteiger partial charge in [-0.05, 0) is 0 Å². The van der Waals surface area contributed by atoms with Crippen LogP contribution in [0, 0.1) is 10.1 Å². The molecule has 2 rings (SSSR count). The second-order valence-corrected chi connectivity index (χ2v) is 7.93. The first kappa shape index (κ1) is 17.8. The molecule has 0 saturated heterocycles. The van der Waals surface area contributed by atoms with Crippen molar-refractivity contribution in [3.63, 3.8) is 0 Å². The van der Waals surface area contributed by atoms with Crippen LogP contribution in [0.1, 0.15) is 12.0 Å². The van der Waals surface area contributed by atoms with Crippen molar-refractivity contribution in [3.8, 4) is 5.75 Å². The number of carboxylic acid groups (broad SMARTS) is 1. The molecule has 0 heterocycles.